The minimum Gasteiger partial charge on any atom is -0.465 e. The summed E-state index contributed by atoms with van der Waals surface area (Å²) in [7, 11) is 0. The molecule has 2 aliphatic heterocycles. The van der Waals surface area contributed by atoms with E-state index in [1.165, 1.54) is 4.90 Å². The number of nitrogens with one attached hydrogen (secondary N) is 1. The Bertz CT molecular complexity index is 609. The van der Waals surface area contributed by atoms with Gasteiger partial charge in [0.05, 0.1) is 0 Å². The zero-order valence-corrected chi connectivity index (χ0v) is 14.8. The molecule has 0 saturated carbocycles. The van der Waals surface area contributed by atoms with Crippen molar-refractivity contribution < 1.29 is 14.7 Å². The van der Waals surface area contributed by atoms with Gasteiger partial charge in [0.2, 0.25) is 0 Å². The molecule has 0 aliphatic carbocycles. The maximum Gasteiger partial charge on any atom is 0.407 e. The molecule has 1 aromatic carbocycles. The van der Waals surface area contributed by atoms with Gasteiger partial charge in [-0.2, -0.15) is 0 Å². The van der Waals surface area contributed by atoms with Gasteiger partial charge in [-0.05, 0) is 51.3 Å². The van der Waals surface area contributed by atoms with Crippen molar-refractivity contribution in [1.29, 1.82) is 0 Å². The highest BCUT2D eigenvalue weighted by Crippen LogP contribution is 2.21. The van der Waals surface area contributed by atoms with Crippen LogP contribution < -0.4 is 5.32 Å². The smallest absolute Gasteiger partial charge is 0.407 e. The first-order valence-electron chi connectivity index (χ1n) is 9.12. The lowest BCUT2D eigenvalue weighted by atomic mass is 9.98. The van der Waals surface area contributed by atoms with E-state index in [2.05, 4.69) is 10.2 Å². The van der Waals surface area contributed by atoms with Crippen LogP contribution in [0.1, 0.15) is 41.6 Å². The average Bonchev–Trinajstić information content (AvgIpc) is 2.62. The third-order valence-electron chi connectivity index (χ3n) is 5.35. The number of aryl methyl sites for hydroxylation is 1. The molecule has 1 atom stereocenters. The number of hydrogen-bond donors (Lipinski definition) is 2. The summed E-state index contributed by atoms with van der Waals surface area (Å²) in [4.78, 5) is 27.4. The van der Waals surface area contributed by atoms with E-state index in [0.717, 1.165) is 44.3 Å². The Morgan fingerprint density at radius 1 is 1.08 bits per heavy atom. The van der Waals surface area contributed by atoms with Crippen LogP contribution in [0.15, 0.2) is 24.3 Å². The molecule has 6 heteroatoms. The number of rotatable bonds is 3. The van der Waals surface area contributed by atoms with Crippen LogP contribution in [0.2, 0.25) is 0 Å². The number of amides is 2. The van der Waals surface area contributed by atoms with Crippen molar-refractivity contribution in [3.63, 3.8) is 0 Å². The third-order valence-corrected chi connectivity index (χ3v) is 5.35. The minimum atomic E-state index is -0.819. The number of carbonyl (C=O) groups excluding carboxylic acids is 1. The van der Waals surface area contributed by atoms with E-state index in [1.54, 1.807) is 0 Å². The Kier molecular flexibility index (Phi) is 5.58. The first-order valence-corrected chi connectivity index (χ1v) is 9.12. The fourth-order valence-electron chi connectivity index (χ4n) is 3.85. The van der Waals surface area contributed by atoms with Crippen molar-refractivity contribution in [2.45, 2.75) is 44.7 Å². The van der Waals surface area contributed by atoms with Gasteiger partial charge in [0.15, 0.2) is 0 Å². The number of carboxylic acid groups (broad SMARTS) is 1. The third kappa shape index (κ3) is 4.51. The lowest BCUT2D eigenvalue weighted by Gasteiger charge is -2.41. The minimum absolute atomic E-state index is 0.00690. The van der Waals surface area contributed by atoms with Gasteiger partial charge in [0.25, 0.3) is 5.91 Å². The van der Waals surface area contributed by atoms with Crippen LogP contribution >= 0.6 is 0 Å². The van der Waals surface area contributed by atoms with Crippen molar-refractivity contribution >= 4 is 12.0 Å². The first kappa shape index (κ1) is 17.7. The molecule has 136 valence electrons. The van der Waals surface area contributed by atoms with E-state index in [4.69, 9.17) is 5.11 Å². The Morgan fingerprint density at radius 3 is 2.40 bits per heavy atom. The summed E-state index contributed by atoms with van der Waals surface area (Å²) < 4.78 is 0. The fraction of sp³-hybridized carbons (Fsp3) is 0.579. The summed E-state index contributed by atoms with van der Waals surface area (Å²) in [5.41, 5.74) is 1.85. The van der Waals surface area contributed by atoms with Crippen LogP contribution in [0.3, 0.4) is 0 Å². The van der Waals surface area contributed by atoms with Gasteiger partial charge >= 0.3 is 6.09 Å². The number of benzene rings is 1. The summed E-state index contributed by atoms with van der Waals surface area (Å²) in [6.45, 7) is 5.12. The lowest BCUT2D eigenvalue weighted by molar-refractivity contribution is 0.0697. The van der Waals surface area contributed by atoms with E-state index in [1.807, 2.05) is 31.2 Å². The highest BCUT2D eigenvalue weighted by molar-refractivity contribution is 5.94. The van der Waals surface area contributed by atoms with E-state index in [9.17, 15) is 9.59 Å². The van der Waals surface area contributed by atoms with Gasteiger partial charge in [-0.25, -0.2) is 4.79 Å². The zero-order chi connectivity index (χ0) is 17.8. The monoisotopic (exact) mass is 345 g/mol. The van der Waals surface area contributed by atoms with Crippen LogP contribution in [0, 0.1) is 6.92 Å². The topological polar surface area (TPSA) is 72.9 Å². The molecule has 2 amide bonds. The number of hydrogen-bond acceptors (Lipinski definition) is 3. The van der Waals surface area contributed by atoms with Crippen molar-refractivity contribution in [2.24, 2.45) is 0 Å². The SMILES string of the molecule is Cc1ccc(C(=O)NC2CCCN(C3CCN(C(=O)O)CC3)C2)cc1. The quantitative estimate of drug-likeness (QED) is 0.882. The molecule has 2 aliphatic rings. The molecule has 1 aromatic rings. The molecular formula is C19H27N3O3. The molecular weight excluding hydrogens is 318 g/mol. The molecule has 2 N–H and O–H groups in total. The molecule has 6 nitrogen and oxygen atoms in total. The molecule has 2 saturated heterocycles. The molecule has 0 radical (unpaired) electrons. The Labute approximate surface area is 148 Å². The second-order valence-corrected chi connectivity index (χ2v) is 7.17. The highest BCUT2D eigenvalue weighted by Gasteiger charge is 2.30. The molecule has 3 rings (SSSR count). The Balaban J connectivity index is 1.52. The molecule has 0 aromatic heterocycles. The number of carbonyl (C=O) groups is 2. The summed E-state index contributed by atoms with van der Waals surface area (Å²) in [5.74, 6) is -0.00690. The Morgan fingerprint density at radius 2 is 1.76 bits per heavy atom. The van der Waals surface area contributed by atoms with E-state index in [0.29, 0.717) is 24.7 Å². The van der Waals surface area contributed by atoms with E-state index >= 15 is 0 Å². The van der Waals surface area contributed by atoms with Crippen molar-refractivity contribution in [1.82, 2.24) is 15.1 Å². The van der Waals surface area contributed by atoms with Gasteiger partial charge in [-0.1, -0.05) is 17.7 Å². The van der Waals surface area contributed by atoms with Crippen LogP contribution in [-0.4, -0.2) is 65.2 Å². The molecule has 2 fully saturated rings. The Hall–Kier alpha value is -2.08. The summed E-state index contributed by atoms with van der Waals surface area (Å²) in [6, 6.07) is 8.24. The van der Waals surface area contributed by atoms with Crippen molar-refractivity contribution in [3.8, 4) is 0 Å². The highest BCUT2D eigenvalue weighted by atomic mass is 16.4. The van der Waals surface area contributed by atoms with Crippen LogP contribution in [0.5, 0.6) is 0 Å². The van der Waals surface area contributed by atoms with E-state index in [-0.39, 0.29) is 11.9 Å². The number of piperidine rings is 2. The van der Waals surface area contributed by atoms with Gasteiger partial charge in [-0.15, -0.1) is 0 Å². The van der Waals surface area contributed by atoms with Gasteiger partial charge in [0.1, 0.15) is 0 Å². The lowest BCUT2D eigenvalue weighted by Crippen LogP contribution is -2.53. The maximum absolute atomic E-state index is 12.4. The predicted molar refractivity (Wildman–Crippen MR) is 95.9 cm³/mol. The van der Waals surface area contributed by atoms with Crippen molar-refractivity contribution in [2.75, 3.05) is 26.2 Å². The van der Waals surface area contributed by atoms with Gasteiger partial charge in [-0.3, -0.25) is 9.69 Å². The number of nitrogens with zero attached hydrogens (tertiary/aromatic N) is 2. The van der Waals surface area contributed by atoms with Crippen LogP contribution in [-0.2, 0) is 0 Å². The molecule has 25 heavy (non-hydrogen) atoms. The fourth-order valence-corrected chi connectivity index (χ4v) is 3.85. The summed E-state index contributed by atoms with van der Waals surface area (Å²) in [5, 5.41) is 12.2. The van der Waals surface area contributed by atoms with Crippen LogP contribution in [0.25, 0.3) is 0 Å². The second kappa shape index (κ2) is 7.87. The van der Waals surface area contributed by atoms with E-state index < -0.39 is 6.09 Å². The van der Waals surface area contributed by atoms with Crippen LogP contribution in [0.4, 0.5) is 4.79 Å². The second-order valence-electron chi connectivity index (χ2n) is 7.17. The van der Waals surface area contributed by atoms with Gasteiger partial charge in [0, 0.05) is 37.3 Å². The van der Waals surface area contributed by atoms with Gasteiger partial charge < -0.3 is 15.3 Å². The normalized spacial score (nSPS) is 22.6. The summed E-state index contributed by atoms with van der Waals surface area (Å²) >= 11 is 0. The maximum atomic E-state index is 12.4. The molecule has 1 unspecified atom stereocenters. The summed E-state index contributed by atoms with van der Waals surface area (Å²) in [6.07, 6.45) is 3.01. The predicted octanol–water partition coefficient (Wildman–Crippen LogP) is 2.33. The first-order chi connectivity index (χ1) is 12.0. The number of likely N-dealkylation sites (tertiary alicyclic amines) is 2. The standard InChI is InChI=1S/C19H27N3O3/c1-14-4-6-15(7-5-14)18(23)20-16-3-2-10-22(13-16)17-8-11-21(12-9-17)19(24)25/h4-7,16-17H,2-3,8-13H2,1H3,(H,20,23)(H,24,25). The molecule has 0 spiro atoms. The zero-order valence-electron chi connectivity index (χ0n) is 14.8. The average molecular weight is 345 g/mol. The molecule has 0 bridgehead atoms. The molecule has 2 heterocycles. The van der Waals surface area contributed by atoms with Crippen molar-refractivity contribution in [3.05, 3.63) is 35.4 Å². The largest absolute Gasteiger partial charge is 0.465 e.